The largest absolute Gasteiger partial charge is 0.373 e. The second-order valence-corrected chi connectivity index (χ2v) is 7.52. The van der Waals surface area contributed by atoms with Crippen molar-refractivity contribution in [2.75, 3.05) is 23.8 Å². The van der Waals surface area contributed by atoms with Gasteiger partial charge in [-0.05, 0) is 32.6 Å². The maximum Gasteiger partial charge on any atom is 0.138 e. The van der Waals surface area contributed by atoms with E-state index in [0.717, 1.165) is 35.5 Å². The lowest BCUT2D eigenvalue weighted by atomic mass is 9.92. The first kappa shape index (κ1) is 16.1. The fourth-order valence-electron chi connectivity index (χ4n) is 3.09. The van der Waals surface area contributed by atoms with Crippen molar-refractivity contribution in [2.24, 2.45) is 5.92 Å². The van der Waals surface area contributed by atoms with Crippen molar-refractivity contribution in [2.45, 2.75) is 65.8 Å². The summed E-state index contributed by atoms with van der Waals surface area (Å²) in [5.41, 5.74) is 1.12. The third-order valence-electron chi connectivity index (χ3n) is 4.44. The van der Waals surface area contributed by atoms with Gasteiger partial charge in [0.05, 0.1) is 0 Å². The van der Waals surface area contributed by atoms with Gasteiger partial charge in [-0.1, -0.05) is 27.7 Å². The SMILES string of the molecule is CNc1nc(C(C)(C)C)nc(N2CCC(C)CC2C)c1C. The molecule has 4 nitrogen and oxygen atoms in total. The van der Waals surface area contributed by atoms with E-state index in [4.69, 9.17) is 9.97 Å². The Morgan fingerprint density at radius 3 is 2.38 bits per heavy atom. The normalized spacial score (nSPS) is 23.3. The molecule has 0 amide bonds. The number of nitrogens with one attached hydrogen (secondary N) is 1. The summed E-state index contributed by atoms with van der Waals surface area (Å²) in [5.74, 6) is 3.79. The van der Waals surface area contributed by atoms with E-state index in [1.807, 2.05) is 7.05 Å². The van der Waals surface area contributed by atoms with Gasteiger partial charge in [-0.3, -0.25) is 0 Å². The zero-order valence-electron chi connectivity index (χ0n) is 14.6. The molecule has 2 unspecified atom stereocenters. The van der Waals surface area contributed by atoms with Crippen LogP contribution >= 0.6 is 0 Å². The zero-order valence-corrected chi connectivity index (χ0v) is 14.6. The van der Waals surface area contributed by atoms with Gasteiger partial charge in [0.25, 0.3) is 0 Å². The first-order valence-electron chi connectivity index (χ1n) is 8.07. The third kappa shape index (κ3) is 3.30. The lowest BCUT2D eigenvalue weighted by Crippen LogP contribution is -2.41. The van der Waals surface area contributed by atoms with Crippen molar-refractivity contribution in [3.05, 3.63) is 11.4 Å². The summed E-state index contributed by atoms with van der Waals surface area (Å²) < 4.78 is 0. The average Bonchev–Trinajstić information content (AvgIpc) is 2.38. The van der Waals surface area contributed by atoms with E-state index in [1.165, 1.54) is 12.8 Å². The molecule has 118 valence electrons. The Labute approximate surface area is 129 Å². The summed E-state index contributed by atoms with van der Waals surface area (Å²) in [4.78, 5) is 12.1. The molecule has 0 spiro atoms. The number of aromatic nitrogens is 2. The van der Waals surface area contributed by atoms with Crippen LogP contribution in [0.1, 0.15) is 58.8 Å². The van der Waals surface area contributed by atoms with Crippen LogP contribution in [0.4, 0.5) is 11.6 Å². The number of anilines is 2. The Morgan fingerprint density at radius 2 is 1.86 bits per heavy atom. The van der Waals surface area contributed by atoms with E-state index in [-0.39, 0.29) is 5.41 Å². The van der Waals surface area contributed by atoms with Crippen LogP contribution in [0.3, 0.4) is 0 Å². The molecule has 4 heteroatoms. The average molecular weight is 290 g/mol. The summed E-state index contributed by atoms with van der Waals surface area (Å²) >= 11 is 0. The fourth-order valence-corrected chi connectivity index (χ4v) is 3.09. The zero-order chi connectivity index (χ0) is 15.8. The number of hydrogen-bond acceptors (Lipinski definition) is 4. The van der Waals surface area contributed by atoms with Crippen molar-refractivity contribution in [1.29, 1.82) is 0 Å². The van der Waals surface area contributed by atoms with Crippen LogP contribution in [0.15, 0.2) is 0 Å². The standard InChI is InChI=1S/C17H30N4/c1-11-8-9-21(12(2)10-11)15-13(3)14(18-7)19-16(20-15)17(4,5)6/h11-12H,8-10H2,1-7H3,(H,18,19,20). The molecule has 1 saturated heterocycles. The molecule has 0 saturated carbocycles. The minimum atomic E-state index is -0.0413. The van der Waals surface area contributed by atoms with Gasteiger partial charge in [0.15, 0.2) is 0 Å². The molecule has 1 N–H and O–H groups in total. The quantitative estimate of drug-likeness (QED) is 0.900. The second kappa shape index (κ2) is 5.82. The van der Waals surface area contributed by atoms with Crippen LogP contribution in [0.25, 0.3) is 0 Å². The molecule has 0 aliphatic carbocycles. The van der Waals surface area contributed by atoms with Gasteiger partial charge in [0.1, 0.15) is 17.5 Å². The molecule has 0 radical (unpaired) electrons. The van der Waals surface area contributed by atoms with Gasteiger partial charge in [0.2, 0.25) is 0 Å². The smallest absolute Gasteiger partial charge is 0.138 e. The molecule has 0 bridgehead atoms. The topological polar surface area (TPSA) is 41.1 Å². The highest BCUT2D eigenvalue weighted by Gasteiger charge is 2.28. The Kier molecular flexibility index (Phi) is 4.45. The van der Waals surface area contributed by atoms with Gasteiger partial charge in [-0.2, -0.15) is 0 Å². The molecule has 2 rings (SSSR count). The number of hydrogen-bond donors (Lipinski definition) is 1. The summed E-state index contributed by atoms with van der Waals surface area (Å²) in [5, 5.41) is 3.23. The van der Waals surface area contributed by atoms with Gasteiger partial charge in [-0.25, -0.2) is 9.97 Å². The van der Waals surface area contributed by atoms with Crippen LogP contribution in [-0.2, 0) is 5.41 Å². The van der Waals surface area contributed by atoms with Crippen LogP contribution in [0.2, 0.25) is 0 Å². The summed E-state index contributed by atoms with van der Waals surface area (Å²) in [6.07, 6.45) is 2.48. The molecule has 1 aromatic heterocycles. The van der Waals surface area contributed by atoms with E-state index in [1.54, 1.807) is 0 Å². The van der Waals surface area contributed by atoms with Gasteiger partial charge in [-0.15, -0.1) is 0 Å². The predicted octanol–water partition coefficient (Wildman–Crippen LogP) is 3.75. The molecule has 2 heterocycles. The molecule has 21 heavy (non-hydrogen) atoms. The van der Waals surface area contributed by atoms with Crippen molar-refractivity contribution in [3.8, 4) is 0 Å². The fraction of sp³-hybridized carbons (Fsp3) is 0.765. The third-order valence-corrected chi connectivity index (χ3v) is 4.44. The van der Waals surface area contributed by atoms with E-state index in [0.29, 0.717) is 6.04 Å². The lowest BCUT2D eigenvalue weighted by molar-refractivity contribution is 0.374. The minimum Gasteiger partial charge on any atom is -0.373 e. The van der Waals surface area contributed by atoms with Crippen LogP contribution in [-0.4, -0.2) is 29.6 Å². The Hall–Kier alpha value is -1.32. The van der Waals surface area contributed by atoms with Crippen molar-refractivity contribution >= 4 is 11.6 Å². The second-order valence-electron chi connectivity index (χ2n) is 7.52. The monoisotopic (exact) mass is 290 g/mol. The molecule has 1 aromatic rings. The van der Waals surface area contributed by atoms with Crippen LogP contribution < -0.4 is 10.2 Å². The molecule has 1 fully saturated rings. The molecule has 2 atom stereocenters. The molecular weight excluding hydrogens is 260 g/mol. The van der Waals surface area contributed by atoms with Gasteiger partial charge in [0, 0.05) is 30.6 Å². The van der Waals surface area contributed by atoms with Crippen molar-refractivity contribution in [3.63, 3.8) is 0 Å². The van der Waals surface area contributed by atoms with Gasteiger partial charge < -0.3 is 10.2 Å². The Balaban J connectivity index is 2.47. The van der Waals surface area contributed by atoms with Gasteiger partial charge >= 0.3 is 0 Å². The van der Waals surface area contributed by atoms with Crippen molar-refractivity contribution < 1.29 is 0 Å². The first-order chi connectivity index (χ1) is 9.74. The van der Waals surface area contributed by atoms with Crippen molar-refractivity contribution in [1.82, 2.24) is 9.97 Å². The first-order valence-corrected chi connectivity index (χ1v) is 8.07. The maximum atomic E-state index is 4.93. The summed E-state index contributed by atoms with van der Waals surface area (Å²) in [6, 6.07) is 0.542. The van der Waals surface area contributed by atoms with E-state index < -0.39 is 0 Å². The number of rotatable bonds is 2. The number of piperidine rings is 1. The molecule has 1 aliphatic heterocycles. The molecule has 1 aliphatic rings. The Bertz CT molecular complexity index is 504. The van der Waals surface area contributed by atoms with E-state index in [2.05, 4.69) is 51.8 Å². The summed E-state index contributed by atoms with van der Waals surface area (Å²) in [7, 11) is 1.94. The van der Waals surface area contributed by atoms with E-state index in [9.17, 15) is 0 Å². The number of nitrogens with zero attached hydrogens (tertiary/aromatic N) is 3. The summed E-state index contributed by atoms with van der Waals surface area (Å²) in [6.45, 7) is 14.4. The highest BCUT2D eigenvalue weighted by atomic mass is 15.2. The lowest BCUT2D eigenvalue weighted by Gasteiger charge is -2.38. The highest BCUT2D eigenvalue weighted by molar-refractivity contribution is 5.59. The van der Waals surface area contributed by atoms with Crippen LogP contribution in [0.5, 0.6) is 0 Å². The predicted molar refractivity (Wildman–Crippen MR) is 90.2 cm³/mol. The maximum absolute atomic E-state index is 4.93. The molecular formula is C17H30N4. The Morgan fingerprint density at radius 1 is 1.19 bits per heavy atom. The molecule has 0 aromatic carbocycles. The minimum absolute atomic E-state index is 0.0413. The highest BCUT2D eigenvalue weighted by Crippen LogP contribution is 2.33. The van der Waals surface area contributed by atoms with E-state index >= 15 is 0 Å². The van der Waals surface area contributed by atoms with Crippen LogP contribution in [0, 0.1) is 12.8 Å².